The molecule has 0 aromatic heterocycles. The Balaban J connectivity index is 1.74. The van der Waals surface area contributed by atoms with E-state index >= 15 is 0 Å². The molecule has 0 bridgehead atoms. The molecule has 0 heterocycles. The maximum Gasteiger partial charge on any atom is 0.338 e. The minimum absolute atomic E-state index is 0.0723. The van der Waals surface area contributed by atoms with Crippen LogP contribution in [0.25, 0.3) is 6.08 Å². The molecule has 3 aromatic rings. The molecule has 6 nitrogen and oxygen atoms in total. The molecule has 0 aliphatic carbocycles. The smallest absolute Gasteiger partial charge is 0.338 e. The zero-order chi connectivity index (χ0) is 24.5. The number of nitrogens with zero attached hydrogens (tertiary/aromatic N) is 1. The third-order valence-electron chi connectivity index (χ3n) is 4.91. The van der Waals surface area contributed by atoms with Gasteiger partial charge in [0.05, 0.1) is 12.2 Å². The molecule has 0 saturated carbocycles. The fraction of sp³-hybridized carbons (Fsp3) is 0.179. The van der Waals surface area contributed by atoms with Gasteiger partial charge in [-0.3, -0.25) is 4.79 Å². The zero-order valence-electron chi connectivity index (χ0n) is 19.4. The number of carbonyl (C=O) groups is 2. The number of carbonyl (C=O) groups excluding carboxylic acids is 2. The predicted octanol–water partition coefficient (Wildman–Crippen LogP) is 5.60. The van der Waals surface area contributed by atoms with Gasteiger partial charge >= 0.3 is 5.97 Å². The first kappa shape index (κ1) is 24.3. The summed E-state index contributed by atoms with van der Waals surface area (Å²) in [6.45, 7) is 6.46. The second kappa shape index (κ2) is 11.5. The van der Waals surface area contributed by atoms with Crippen LogP contribution in [0.4, 0.5) is 5.69 Å². The highest BCUT2D eigenvalue weighted by atomic mass is 16.5. The fourth-order valence-electron chi connectivity index (χ4n) is 3.45. The largest absolute Gasteiger partial charge is 0.488 e. The number of esters is 1. The number of nitriles is 1. The Bertz CT molecular complexity index is 1230. The number of para-hydroxylation sites is 1. The summed E-state index contributed by atoms with van der Waals surface area (Å²) in [7, 11) is 0. The van der Waals surface area contributed by atoms with Crippen LogP contribution in [-0.4, -0.2) is 18.5 Å². The summed E-state index contributed by atoms with van der Waals surface area (Å²) in [4.78, 5) is 24.5. The van der Waals surface area contributed by atoms with Crippen LogP contribution in [0.2, 0.25) is 0 Å². The molecule has 0 spiro atoms. The highest BCUT2D eigenvalue weighted by molar-refractivity contribution is 6.10. The van der Waals surface area contributed by atoms with Crippen molar-refractivity contribution in [3.05, 3.63) is 100 Å². The van der Waals surface area contributed by atoms with Crippen LogP contribution < -0.4 is 10.1 Å². The number of nitrogens with one attached hydrogen (secondary N) is 1. The molecular weight excluding hydrogens is 428 g/mol. The fourth-order valence-corrected chi connectivity index (χ4v) is 3.45. The maximum atomic E-state index is 12.7. The van der Waals surface area contributed by atoms with Crippen molar-refractivity contribution in [1.29, 1.82) is 5.26 Å². The van der Waals surface area contributed by atoms with E-state index in [1.807, 2.05) is 32.0 Å². The number of rotatable bonds is 8. The van der Waals surface area contributed by atoms with Gasteiger partial charge in [0.1, 0.15) is 24.0 Å². The van der Waals surface area contributed by atoms with Crippen LogP contribution >= 0.6 is 0 Å². The van der Waals surface area contributed by atoms with Gasteiger partial charge in [0, 0.05) is 11.3 Å². The quantitative estimate of drug-likeness (QED) is 0.272. The van der Waals surface area contributed by atoms with Gasteiger partial charge in [-0.15, -0.1) is 0 Å². The monoisotopic (exact) mass is 454 g/mol. The molecule has 34 heavy (non-hydrogen) atoms. The van der Waals surface area contributed by atoms with Gasteiger partial charge in [0.25, 0.3) is 5.91 Å². The normalized spacial score (nSPS) is 10.8. The molecule has 0 aliphatic rings. The SMILES string of the molecule is CCOC(=O)c1ccc(NC(=O)/C(C#N)=C/c2ccccc2OCc2cc(C)cc(C)c2)cc1. The van der Waals surface area contributed by atoms with Gasteiger partial charge in [0.15, 0.2) is 0 Å². The second-order valence-corrected chi connectivity index (χ2v) is 7.74. The van der Waals surface area contributed by atoms with E-state index in [1.165, 1.54) is 6.08 Å². The molecular formula is C28H26N2O4. The Labute approximate surface area is 199 Å². The molecule has 0 aliphatic heterocycles. The third kappa shape index (κ3) is 6.57. The number of aryl methyl sites for hydroxylation is 2. The average Bonchev–Trinajstić information content (AvgIpc) is 2.81. The van der Waals surface area contributed by atoms with Gasteiger partial charge in [-0.05, 0) is 62.7 Å². The predicted molar refractivity (Wildman–Crippen MR) is 131 cm³/mol. The average molecular weight is 455 g/mol. The Hall–Kier alpha value is -4.37. The van der Waals surface area contributed by atoms with Crippen LogP contribution in [-0.2, 0) is 16.1 Å². The maximum absolute atomic E-state index is 12.7. The molecule has 6 heteroatoms. The molecule has 0 unspecified atom stereocenters. The van der Waals surface area contributed by atoms with E-state index < -0.39 is 11.9 Å². The molecule has 0 fully saturated rings. The van der Waals surface area contributed by atoms with Crippen molar-refractivity contribution in [1.82, 2.24) is 0 Å². The molecule has 1 N–H and O–H groups in total. The number of hydrogen-bond donors (Lipinski definition) is 1. The molecule has 3 rings (SSSR count). The lowest BCUT2D eigenvalue weighted by molar-refractivity contribution is -0.112. The lowest BCUT2D eigenvalue weighted by Crippen LogP contribution is -2.13. The minimum Gasteiger partial charge on any atom is -0.488 e. The third-order valence-corrected chi connectivity index (χ3v) is 4.91. The highest BCUT2D eigenvalue weighted by Crippen LogP contribution is 2.23. The van der Waals surface area contributed by atoms with E-state index in [1.54, 1.807) is 43.3 Å². The Kier molecular flexibility index (Phi) is 8.20. The van der Waals surface area contributed by atoms with E-state index in [9.17, 15) is 14.9 Å². The van der Waals surface area contributed by atoms with Crippen molar-refractivity contribution in [2.24, 2.45) is 0 Å². The van der Waals surface area contributed by atoms with E-state index in [-0.39, 0.29) is 12.2 Å². The highest BCUT2D eigenvalue weighted by Gasteiger charge is 2.13. The number of amides is 1. The molecule has 0 radical (unpaired) electrons. The summed E-state index contributed by atoms with van der Waals surface area (Å²) in [6, 6.07) is 21.7. The van der Waals surface area contributed by atoms with E-state index in [0.717, 1.165) is 16.7 Å². The van der Waals surface area contributed by atoms with Gasteiger partial charge < -0.3 is 14.8 Å². The Morgan fingerprint density at radius 1 is 1.00 bits per heavy atom. The van der Waals surface area contributed by atoms with Crippen molar-refractivity contribution >= 4 is 23.6 Å². The molecule has 3 aromatic carbocycles. The van der Waals surface area contributed by atoms with Gasteiger partial charge in [-0.25, -0.2) is 4.79 Å². The zero-order valence-corrected chi connectivity index (χ0v) is 19.4. The van der Waals surface area contributed by atoms with E-state index in [0.29, 0.717) is 29.2 Å². The first-order chi connectivity index (χ1) is 16.4. The van der Waals surface area contributed by atoms with Crippen molar-refractivity contribution in [3.8, 4) is 11.8 Å². The van der Waals surface area contributed by atoms with Crippen LogP contribution in [0.15, 0.2) is 72.3 Å². The molecule has 1 amide bonds. The molecule has 0 saturated heterocycles. The summed E-state index contributed by atoms with van der Waals surface area (Å²) in [6.07, 6.45) is 1.50. The van der Waals surface area contributed by atoms with E-state index in [4.69, 9.17) is 9.47 Å². The summed E-state index contributed by atoms with van der Waals surface area (Å²) in [5, 5.41) is 12.3. The van der Waals surface area contributed by atoms with Crippen LogP contribution in [0.5, 0.6) is 5.75 Å². The van der Waals surface area contributed by atoms with Gasteiger partial charge in [-0.1, -0.05) is 47.5 Å². The van der Waals surface area contributed by atoms with Crippen LogP contribution in [0.1, 0.15) is 39.5 Å². The Morgan fingerprint density at radius 2 is 1.68 bits per heavy atom. The number of hydrogen-bond acceptors (Lipinski definition) is 5. The van der Waals surface area contributed by atoms with Gasteiger partial charge in [-0.2, -0.15) is 5.26 Å². The standard InChI is InChI=1S/C28H26N2O4/c1-4-33-28(32)22-9-11-25(12-10-22)30-27(31)24(17-29)16-23-7-5-6-8-26(23)34-18-21-14-19(2)13-20(3)15-21/h5-16H,4,18H2,1-3H3,(H,30,31)/b24-16+. The summed E-state index contributed by atoms with van der Waals surface area (Å²) >= 11 is 0. The van der Waals surface area contributed by atoms with Crippen molar-refractivity contribution < 1.29 is 19.1 Å². The number of ether oxygens (including phenoxy) is 2. The molecule has 0 atom stereocenters. The lowest BCUT2D eigenvalue weighted by Gasteiger charge is -2.11. The summed E-state index contributed by atoms with van der Waals surface area (Å²) in [5.74, 6) is -0.424. The second-order valence-electron chi connectivity index (χ2n) is 7.74. The first-order valence-electron chi connectivity index (χ1n) is 10.9. The van der Waals surface area contributed by atoms with E-state index in [2.05, 4.69) is 23.5 Å². The van der Waals surface area contributed by atoms with Crippen molar-refractivity contribution in [3.63, 3.8) is 0 Å². The molecule has 172 valence electrons. The van der Waals surface area contributed by atoms with Crippen molar-refractivity contribution in [2.45, 2.75) is 27.4 Å². The van der Waals surface area contributed by atoms with Crippen molar-refractivity contribution in [2.75, 3.05) is 11.9 Å². The topological polar surface area (TPSA) is 88.4 Å². The van der Waals surface area contributed by atoms with Gasteiger partial charge in [0.2, 0.25) is 0 Å². The lowest BCUT2D eigenvalue weighted by atomic mass is 10.1. The van der Waals surface area contributed by atoms with Crippen LogP contribution in [0, 0.1) is 25.2 Å². The number of benzene rings is 3. The Morgan fingerprint density at radius 3 is 2.32 bits per heavy atom. The minimum atomic E-state index is -0.560. The number of anilines is 1. The summed E-state index contributed by atoms with van der Waals surface area (Å²) < 4.78 is 11.0. The van der Waals surface area contributed by atoms with Crippen LogP contribution in [0.3, 0.4) is 0 Å². The summed E-state index contributed by atoms with van der Waals surface area (Å²) in [5.41, 5.74) is 4.74. The first-order valence-corrected chi connectivity index (χ1v) is 10.9.